The lowest BCUT2D eigenvalue weighted by Gasteiger charge is -2.42. The van der Waals surface area contributed by atoms with Crippen molar-refractivity contribution in [3.8, 4) is 0 Å². The summed E-state index contributed by atoms with van der Waals surface area (Å²) in [5.74, 6) is 0.104. The van der Waals surface area contributed by atoms with Gasteiger partial charge in [0, 0.05) is 6.42 Å². The standard InChI is InChI=1S/C29H44O5/c1-7-28(5,8-2)34-27(32)18-33-20(4)24-13-14-25-21(10-9-15-29(24,25)6)11-12-22-16-23(30)17-26(31)19(22)3/h11-13,20,23,25-26,30-31H,3,7-10,14-18H2,1-2,4-6H3/t20-,23+,25-,26-,29+/m0/s1. The maximum Gasteiger partial charge on any atom is 0.332 e. The molecule has 2 saturated carbocycles. The van der Waals surface area contributed by atoms with Crippen molar-refractivity contribution in [3.63, 3.8) is 0 Å². The number of aliphatic hydroxyl groups is 2. The van der Waals surface area contributed by atoms with Crippen LogP contribution in [0.15, 0.2) is 47.1 Å². The van der Waals surface area contributed by atoms with Crippen LogP contribution in [0.25, 0.3) is 0 Å². The zero-order valence-corrected chi connectivity index (χ0v) is 21.7. The summed E-state index contributed by atoms with van der Waals surface area (Å²) in [6, 6.07) is 0. The first-order valence-electron chi connectivity index (χ1n) is 13.0. The Bertz CT molecular complexity index is 862. The Hall–Kier alpha value is -1.69. The molecule has 2 fully saturated rings. The molecule has 0 heterocycles. The van der Waals surface area contributed by atoms with Crippen LogP contribution in [-0.4, -0.2) is 46.7 Å². The van der Waals surface area contributed by atoms with E-state index in [2.05, 4.69) is 31.7 Å². The molecule has 2 N–H and O–H groups in total. The van der Waals surface area contributed by atoms with E-state index in [-0.39, 0.29) is 24.1 Å². The maximum absolute atomic E-state index is 12.4. The first-order valence-corrected chi connectivity index (χ1v) is 13.0. The molecular formula is C29H44O5. The molecule has 3 rings (SSSR count). The summed E-state index contributed by atoms with van der Waals surface area (Å²) in [6.45, 7) is 14.4. The molecule has 3 aliphatic carbocycles. The lowest BCUT2D eigenvalue weighted by molar-refractivity contribution is -0.165. The fraction of sp³-hybridized carbons (Fsp3) is 0.690. The Labute approximate surface area is 205 Å². The Morgan fingerprint density at radius 2 is 2.03 bits per heavy atom. The van der Waals surface area contributed by atoms with Crippen molar-refractivity contribution in [1.29, 1.82) is 0 Å². The molecule has 5 nitrogen and oxygen atoms in total. The second-order valence-electron chi connectivity index (χ2n) is 10.9. The smallest absolute Gasteiger partial charge is 0.332 e. The fourth-order valence-electron chi connectivity index (χ4n) is 5.93. The van der Waals surface area contributed by atoms with Gasteiger partial charge in [-0.2, -0.15) is 0 Å². The Morgan fingerprint density at radius 1 is 1.32 bits per heavy atom. The number of hydrogen-bond acceptors (Lipinski definition) is 5. The molecule has 0 aromatic carbocycles. The molecule has 5 atom stereocenters. The minimum atomic E-state index is -0.665. The fourth-order valence-corrected chi connectivity index (χ4v) is 5.93. The third kappa shape index (κ3) is 5.75. The van der Waals surface area contributed by atoms with E-state index in [1.54, 1.807) is 0 Å². The van der Waals surface area contributed by atoms with Crippen molar-refractivity contribution in [2.24, 2.45) is 11.3 Å². The van der Waals surface area contributed by atoms with Crippen LogP contribution in [0.4, 0.5) is 0 Å². The third-order valence-corrected chi connectivity index (χ3v) is 8.62. The zero-order valence-electron chi connectivity index (χ0n) is 21.7. The van der Waals surface area contributed by atoms with Gasteiger partial charge >= 0.3 is 5.97 Å². The number of allylic oxidation sites excluding steroid dienone is 4. The molecule has 0 spiro atoms. The lowest BCUT2D eigenvalue weighted by atomic mass is 9.63. The predicted molar refractivity (Wildman–Crippen MR) is 135 cm³/mol. The highest BCUT2D eigenvalue weighted by atomic mass is 16.6. The molecule has 190 valence electrons. The van der Waals surface area contributed by atoms with Crippen LogP contribution >= 0.6 is 0 Å². The third-order valence-electron chi connectivity index (χ3n) is 8.62. The summed E-state index contributed by atoms with van der Waals surface area (Å²) in [5.41, 5.74) is 3.94. The molecular weight excluding hydrogens is 428 g/mol. The summed E-state index contributed by atoms with van der Waals surface area (Å²) in [7, 11) is 0. The van der Waals surface area contributed by atoms with Gasteiger partial charge in [0.25, 0.3) is 0 Å². The highest BCUT2D eigenvalue weighted by Gasteiger charge is 2.46. The van der Waals surface area contributed by atoms with E-state index in [0.717, 1.165) is 49.7 Å². The van der Waals surface area contributed by atoms with Crippen LogP contribution in [0, 0.1) is 11.3 Å². The highest BCUT2D eigenvalue weighted by molar-refractivity contribution is 5.71. The molecule has 0 amide bonds. The van der Waals surface area contributed by atoms with Crippen LogP contribution in [0.2, 0.25) is 0 Å². The van der Waals surface area contributed by atoms with E-state index in [1.165, 1.54) is 11.1 Å². The average molecular weight is 473 g/mol. The molecule has 0 aromatic heterocycles. The van der Waals surface area contributed by atoms with E-state index in [9.17, 15) is 15.0 Å². The minimum absolute atomic E-state index is 0.00979. The highest BCUT2D eigenvalue weighted by Crippen LogP contribution is 2.55. The molecule has 0 aliphatic heterocycles. The van der Waals surface area contributed by atoms with Crippen LogP contribution in [0.3, 0.4) is 0 Å². The summed E-state index contributed by atoms with van der Waals surface area (Å²) in [5, 5.41) is 20.2. The Kier molecular flexibility index (Phi) is 8.65. The summed E-state index contributed by atoms with van der Waals surface area (Å²) in [6.07, 6.45) is 11.9. The van der Waals surface area contributed by atoms with Gasteiger partial charge in [0.1, 0.15) is 12.2 Å². The molecule has 0 unspecified atom stereocenters. The van der Waals surface area contributed by atoms with Gasteiger partial charge in [-0.25, -0.2) is 4.79 Å². The minimum Gasteiger partial charge on any atom is -0.458 e. The van der Waals surface area contributed by atoms with Gasteiger partial charge in [-0.15, -0.1) is 0 Å². The zero-order chi connectivity index (χ0) is 25.1. The van der Waals surface area contributed by atoms with Crippen LogP contribution in [0.1, 0.15) is 86.0 Å². The summed E-state index contributed by atoms with van der Waals surface area (Å²) >= 11 is 0. The largest absolute Gasteiger partial charge is 0.458 e. The van der Waals surface area contributed by atoms with Gasteiger partial charge in [-0.05, 0) is 86.8 Å². The molecule has 0 radical (unpaired) electrons. The molecule has 5 heteroatoms. The number of hydrogen-bond donors (Lipinski definition) is 2. The van der Waals surface area contributed by atoms with Crippen molar-refractivity contribution in [3.05, 3.63) is 47.1 Å². The SMILES string of the molecule is C=C1C(=CC=C2CCC[C@]3(C)C([C@H](C)OCC(=O)OC(C)(CC)CC)=CC[C@@H]23)C[C@@H](O)C[C@@H]1O. The quantitative estimate of drug-likeness (QED) is 0.357. The van der Waals surface area contributed by atoms with Gasteiger partial charge < -0.3 is 19.7 Å². The van der Waals surface area contributed by atoms with Crippen molar-refractivity contribution >= 4 is 5.97 Å². The van der Waals surface area contributed by atoms with Gasteiger partial charge in [0.15, 0.2) is 0 Å². The van der Waals surface area contributed by atoms with Crippen LogP contribution in [0.5, 0.6) is 0 Å². The normalized spacial score (nSPS) is 33.1. The van der Waals surface area contributed by atoms with Crippen LogP contribution < -0.4 is 0 Å². The van der Waals surface area contributed by atoms with E-state index in [0.29, 0.717) is 18.8 Å². The molecule has 0 saturated heterocycles. The number of rotatable bonds is 8. The molecule has 0 bridgehead atoms. The van der Waals surface area contributed by atoms with Gasteiger partial charge in [-0.1, -0.05) is 51.2 Å². The summed E-state index contributed by atoms with van der Waals surface area (Å²) < 4.78 is 11.7. The number of carbonyl (C=O) groups excluding carboxylic acids is 1. The number of fused-ring (bicyclic) bond motifs is 1. The average Bonchev–Trinajstić information content (AvgIpc) is 3.16. The Morgan fingerprint density at radius 3 is 2.71 bits per heavy atom. The van der Waals surface area contributed by atoms with Crippen molar-refractivity contribution in [1.82, 2.24) is 0 Å². The van der Waals surface area contributed by atoms with Gasteiger partial charge in [-0.3, -0.25) is 0 Å². The Balaban J connectivity index is 1.66. The number of aliphatic hydroxyl groups excluding tert-OH is 2. The molecule has 0 aromatic rings. The lowest BCUT2D eigenvalue weighted by Crippen LogP contribution is -2.36. The van der Waals surface area contributed by atoms with E-state index in [4.69, 9.17) is 9.47 Å². The van der Waals surface area contributed by atoms with Crippen molar-refractivity contribution in [2.45, 2.75) is 110 Å². The maximum atomic E-state index is 12.4. The monoisotopic (exact) mass is 472 g/mol. The van der Waals surface area contributed by atoms with E-state index in [1.807, 2.05) is 27.7 Å². The summed E-state index contributed by atoms with van der Waals surface area (Å²) in [4.78, 5) is 12.4. The van der Waals surface area contributed by atoms with E-state index < -0.39 is 17.8 Å². The molecule has 3 aliphatic rings. The molecule has 34 heavy (non-hydrogen) atoms. The number of carbonyl (C=O) groups is 1. The second-order valence-corrected chi connectivity index (χ2v) is 10.9. The second kappa shape index (κ2) is 10.9. The first-order chi connectivity index (χ1) is 16.0. The topological polar surface area (TPSA) is 76.0 Å². The first kappa shape index (κ1) is 26.9. The van der Waals surface area contributed by atoms with E-state index >= 15 is 0 Å². The van der Waals surface area contributed by atoms with Crippen LogP contribution in [-0.2, 0) is 14.3 Å². The number of esters is 1. The van der Waals surface area contributed by atoms with Gasteiger partial charge in [0.05, 0.1) is 18.3 Å². The van der Waals surface area contributed by atoms with Crippen molar-refractivity contribution < 1.29 is 24.5 Å². The number of ether oxygens (including phenoxy) is 2. The predicted octanol–water partition coefficient (Wildman–Crippen LogP) is 5.57. The van der Waals surface area contributed by atoms with Crippen molar-refractivity contribution in [2.75, 3.05) is 6.61 Å². The van der Waals surface area contributed by atoms with Gasteiger partial charge in [0.2, 0.25) is 0 Å².